The van der Waals surface area contributed by atoms with E-state index in [9.17, 15) is 0 Å². The van der Waals surface area contributed by atoms with Crippen molar-refractivity contribution in [1.29, 1.82) is 0 Å². The lowest BCUT2D eigenvalue weighted by molar-refractivity contribution is 0.405. The van der Waals surface area contributed by atoms with Crippen LogP contribution in [0, 0.1) is 0 Å². The van der Waals surface area contributed by atoms with Gasteiger partial charge in [-0.15, -0.1) is 0 Å². The topological polar surface area (TPSA) is 31.4 Å². The SMILES string of the molecule is COc1cccc2c1c(OC)cc1c3c(ccc12)CCCC3.c1ccc2cnccc2c1. The second-order valence-corrected chi connectivity index (χ2v) is 8.19. The summed E-state index contributed by atoms with van der Waals surface area (Å²) < 4.78 is 11.2. The molecule has 1 aromatic heterocycles. The van der Waals surface area contributed by atoms with Gasteiger partial charge in [0.25, 0.3) is 0 Å². The van der Waals surface area contributed by atoms with Crippen LogP contribution in [0.15, 0.2) is 79.1 Å². The highest BCUT2D eigenvalue weighted by molar-refractivity contribution is 6.13. The molecule has 0 atom stereocenters. The zero-order valence-electron chi connectivity index (χ0n) is 18.6. The van der Waals surface area contributed by atoms with Crippen LogP contribution in [0.2, 0.25) is 0 Å². The van der Waals surface area contributed by atoms with Crippen molar-refractivity contribution >= 4 is 32.3 Å². The first-order valence-electron chi connectivity index (χ1n) is 11.2. The summed E-state index contributed by atoms with van der Waals surface area (Å²) in [5.74, 6) is 1.77. The second kappa shape index (κ2) is 8.88. The number of aromatic nitrogens is 1. The van der Waals surface area contributed by atoms with Gasteiger partial charge in [-0.3, -0.25) is 4.98 Å². The summed E-state index contributed by atoms with van der Waals surface area (Å²) in [4.78, 5) is 4.01. The summed E-state index contributed by atoms with van der Waals surface area (Å²) in [5, 5.41) is 7.37. The maximum atomic E-state index is 5.69. The molecular weight excluding hydrogens is 394 g/mol. The van der Waals surface area contributed by atoms with Crippen molar-refractivity contribution in [3.8, 4) is 11.5 Å². The molecule has 0 bridgehead atoms. The van der Waals surface area contributed by atoms with Crippen LogP contribution in [0.4, 0.5) is 0 Å². The van der Waals surface area contributed by atoms with Gasteiger partial charge in [-0.1, -0.05) is 48.5 Å². The Labute approximate surface area is 188 Å². The number of methoxy groups -OCH3 is 2. The molecule has 0 aliphatic heterocycles. The summed E-state index contributed by atoms with van der Waals surface area (Å²) in [7, 11) is 3.45. The van der Waals surface area contributed by atoms with E-state index in [2.05, 4.69) is 47.4 Å². The highest BCUT2D eigenvalue weighted by atomic mass is 16.5. The van der Waals surface area contributed by atoms with E-state index >= 15 is 0 Å². The van der Waals surface area contributed by atoms with E-state index in [4.69, 9.17) is 9.47 Å². The minimum Gasteiger partial charge on any atom is -0.496 e. The molecule has 0 fully saturated rings. The summed E-state index contributed by atoms with van der Waals surface area (Å²) in [5.41, 5.74) is 3.01. The molecule has 6 rings (SSSR count). The van der Waals surface area contributed by atoms with Crippen LogP contribution in [0.3, 0.4) is 0 Å². The average molecular weight is 422 g/mol. The Morgan fingerprint density at radius 1 is 0.688 bits per heavy atom. The molecule has 4 aromatic carbocycles. The number of pyridine rings is 1. The Bertz CT molecular complexity index is 1340. The third kappa shape index (κ3) is 3.64. The van der Waals surface area contributed by atoms with Crippen molar-refractivity contribution in [2.75, 3.05) is 14.2 Å². The Morgan fingerprint density at radius 3 is 2.31 bits per heavy atom. The minimum absolute atomic E-state index is 0.869. The molecule has 1 aliphatic rings. The Kier molecular flexibility index (Phi) is 5.64. The fourth-order valence-electron chi connectivity index (χ4n) is 4.83. The molecule has 3 nitrogen and oxygen atoms in total. The normalized spacial score (nSPS) is 12.8. The molecule has 0 amide bonds. The Balaban J connectivity index is 0.000000180. The predicted molar refractivity (Wildman–Crippen MR) is 133 cm³/mol. The van der Waals surface area contributed by atoms with Crippen LogP contribution >= 0.6 is 0 Å². The van der Waals surface area contributed by atoms with Gasteiger partial charge in [-0.2, -0.15) is 0 Å². The van der Waals surface area contributed by atoms with Crippen molar-refractivity contribution in [2.45, 2.75) is 25.7 Å². The van der Waals surface area contributed by atoms with Crippen LogP contribution in [0.5, 0.6) is 11.5 Å². The number of rotatable bonds is 2. The molecule has 0 saturated carbocycles. The standard InChI is InChI=1S/C20H20O2.C9H7N/c1-21-18-9-5-8-16-15-11-10-13-6-3-4-7-14(13)17(15)12-19(22-2)20(16)18;1-2-4-9-7-10-6-5-8(9)3-1/h5,8-12H,3-4,6-7H2,1-2H3;1-7H. The summed E-state index contributed by atoms with van der Waals surface area (Å²) >= 11 is 0. The molecule has 0 radical (unpaired) electrons. The average Bonchev–Trinajstić information content (AvgIpc) is 2.88. The third-order valence-electron chi connectivity index (χ3n) is 6.40. The van der Waals surface area contributed by atoms with Gasteiger partial charge in [0.1, 0.15) is 11.5 Å². The van der Waals surface area contributed by atoms with Crippen molar-refractivity contribution in [1.82, 2.24) is 4.98 Å². The smallest absolute Gasteiger partial charge is 0.131 e. The molecule has 0 saturated heterocycles. The lowest BCUT2D eigenvalue weighted by Gasteiger charge is -2.20. The highest BCUT2D eigenvalue weighted by Crippen LogP contribution is 2.41. The van der Waals surface area contributed by atoms with Crippen molar-refractivity contribution in [3.05, 3.63) is 90.3 Å². The van der Waals surface area contributed by atoms with Gasteiger partial charge < -0.3 is 9.47 Å². The van der Waals surface area contributed by atoms with Crippen molar-refractivity contribution < 1.29 is 9.47 Å². The largest absolute Gasteiger partial charge is 0.496 e. The number of aryl methyl sites for hydroxylation is 2. The highest BCUT2D eigenvalue weighted by Gasteiger charge is 2.17. The zero-order chi connectivity index (χ0) is 21.9. The number of hydrogen-bond acceptors (Lipinski definition) is 3. The van der Waals surface area contributed by atoms with E-state index < -0.39 is 0 Å². The number of ether oxygens (including phenoxy) is 2. The van der Waals surface area contributed by atoms with Crippen LogP contribution in [-0.2, 0) is 12.8 Å². The zero-order valence-corrected chi connectivity index (χ0v) is 18.6. The molecule has 5 aromatic rings. The van der Waals surface area contributed by atoms with Crippen LogP contribution in [0.25, 0.3) is 32.3 Å². The number of benzene rings is 4. The first-order valence-corrected chi connectivity index (χ1v) is 11.2. The van der Waals surface area contributed by atoms with E-state index in [1.165, 1.54) is 63.7 Å². The predicted octanol–water partition coefficient (Wildman–Crippen LogP) is 7.12. The number of nitrogens with zero attached hydrogens (tertiary/aromatic N) is 1. The molecule has 3 heteroatoms. The second-order valence-electron chi connectivity index (χ2n) is 8.19. The van der Waals surface area contributed by atoms with Crippen LogP contribution in [-0.4, -0.2) is 19.2 Å². The maximum Gasteiger partial charge on any atom is 0.131 e. The van der Waals surface area contributed by atoms with E-state index in [1.807, 2.05) is 36.7 Å². The van der Waals surface area contributed by atoms with Gasteiger partial charge in [0.2, 0.25) is 0 Å². The van der Waals surface area contributed by atoms with Crippen LogP contribution < -0.4 is 9.47 Å². The van der Waals surface area contributed by atoms with E-state index in [-0.39, 0.29) is 0 Å². The van der Waals surface area contributed by atoms with E-state index in [0.717, 1.165) is 16.9 Å². The monoisotopic (exact) mass is 421 g/mol. The first kappa shape index (κ1) is 20.3. The maximum absolute atomic E-state index is 5.69. The summed E-state index contributed by atoms with van der Waals surface area (Å²) in [6.07, 6.45) is 8.63. The lowest BCUT2D eigenvalue weighted by atomic mass is 9.86. The molecule has 160 valence electrons. The number of hydrogen-bond donors (Lipinski definition) is 0. The quantitative estimate of drug-likeness (QED) is 0.284. The number of fused-ring (bicyclic) bond motifs is 6. The molecule has 0 unspecified atom stereocenters. The van der Waals surface area contributed by atoms with Gasteiger partial charge in [0, 0.05) is 12.4 Å². The molecule has 32 heavy (non-hydrogen) atoms. The van der Waals surface area contributed by atoms with E-state index in [1.54, 1.807) is 14.2 Å². The Hall–Kier alpha value is -3.59. The van der Waals surface area contributed by atoms with Gasteiger partial charge in [0.05, 0.1) is 19.6 Å². The molecule has 1 heterocycles. The molecule has 0 N–H and O–H groups in total. The molecule has 0 spiro atoms. The molecule has 1 aliphatic carbocycles. The lowest BCUT2D eigenvalue weighted by Crippen LogP contribution is -2.03. The van der Waals surface area contributed by atoms with Crippen LogP contribution in [0.1, 0.15) is 24.0 Å². The van der Waals surface area contributed by atoms with E-state index in [0.29, 0.717) is 0 Å². The van der Waals surface area contributed by atoms with Gasteiger partial charge in [0.15, 0.2) is 0 Å². The summed E-state index contributed by atoms with van der Waals surface area (Å²) in [6, 6.07) is 23.2. The first-order chi connectivity index (χ1) is 15.8. The molecular formula is C29H27NO2. The minimum atomic E-state index is 0.869. The van der Waals surface area contributed by atoms with Crippen molar-refractivity contribution in [2.24, 2.45) is 0 Å². The van der Waals surface area contributed by atoms with Gasteiger partial charge >= 0.3 is 0 Å². The third-order valence-corrected chi connectivity index (χ3v) is 6.40. The Morgan fingerprint density at radius 2 is 1.50 bits per heavy atom. The summed E-state index contributed by atoms with van der Waals surface area (Å²) in [6.45, 7) is 0. The fraction of sp³-hybridized carbons (Fsp3) is 0.207. The fourth-order valence-corrected chi connectivity index (χ4v) is 4.83. The van der Waals surface area contributed by atoms with Gasteiger partial charge in [-0.25, -0.2) is 0 Å². The van der Waals surface area contributed by atoms with Crippen molar-refractivity contribution in [3.63, 3.8) is 0 Å². The van der Waals surface area contributed by atoms with Gasteiger partial charge in [-0.05, 0) is 81.9 Å².